The van der Waals surface area contributed by atoms with E-state index in [4.69, 9.17) is 32.7 Å². The first kappa shape index (κ1) is 18.0. The molecule has 1 aromatic rings. The summed E-state index contributed by atoms with van der Waals surface area (Å²) in [5.41, 5.74) is 2.18. The molecule has 24 heavy (non-hydrogen) atoms. The van der Waals surface area contributed by atoms with Crippen LogP contribution in [-0.2, 0) is 4.74 Å². The fourth-order valence-corrected chi connectivity index (χ4v) is 3.59. The predicted octanol–water partition coefficient (Wildman–Crippen LogP) is 3.47. The molecule has 2 heterocycles. The van der Waals surface area contributed by atoms with E-state index in [0.717, 1.165) is 50.7 Å². The van der Waals surface area contributed by atoms with Crippen LogP contribution in [-0.4, -0.2) is 57.4 Å². The first-order chi connectivity index (χ1) is 11.7. The van der Waals surface area contributed by atoms with E-state index in [0.29, 0.717) is 16.7 Å². The summed E-state index contributed by atoms with van der Waals surface area (Å²) in [5.74, 6) is 0.732. The first-order valence-corrected chi connectivity index (χ1v) is 9.30. The Balaban J connectivity index is 1.37. The molecule has 1 N–H and O–H groups in total. The summed E-state index contributed by atoms with van der Waals surface area (Å²) in [6.07, 6.45) is 4.52. The van der Waals surface area contributed by atoms with Gasteiger partial charge in [-0.25, -0.2) is 0 Å². The third-order valence-electron chi connectivity index (χ3n) is 4.33. The number of benzene rings is 1. The van der Waals surface area contributed by atoms with Crippen molar-refractivity contribution in [3.63, 3.8) is 0 Å². The number of halogens is 2. The summed E-state index contributed by atoms with van der Waals surface area (Å²) in [4.78, 5) is 2.48. The molecular weight excluding hydrogens is 347 g/mol. The fraction of sp³-hybridized carbons (Fsp3) is 0.556. The maximum absolute atomic E-state index is 6.15. The second kappa shape index (κ2) is 9.07. The van der Waals surface area contributed by atoms with Gasteiger partial charge in [0.2, 0.25) is 0 Å². The minimum absolute atomic E-state index is 0.573. The Morgan fingerprint density at radius 3 is 2.79 bits per heavy atom. The molecule has 4 nitrogen and oxygen atoms in total. The number of unbranched alkanes of at least 4 members (excludes halogenated alkanes) is 1. The molecule has 0 unspecified atom stereocenters. The summed E-state index contributed by atoms with van der Waals surface area (Å²) in [7, 11) is 0. The lowest BCUT2D eigenvalue weighted by molar-refractivity contribution is 0.0372. The molecule has 132 valence electrons. The first-order valence-electron chi connectivity index (χ1n) is 8.54. The number of fused-ring (bicyclic) bond motifs is 1. The van der Waals surface area contributed by atoms with Crippen molar-refractivity contribution in [2.24, 2.45) is 0 Å². The van der Waals surface area contributed by atoms with Gasteiger partial charge >= 0.3 is 0 Å². The maximum Gasteiger partial charge on any atom is 0.145 e. The molecule has 0 aliphatic carbocycles. The van der Waals surface area contributed by atoms with Crippen LogP contribution in [0.2, 0.25) is 10.0 Å². The maximum atomic E-state index is 6.15. The zero-order valence-electron chi connectivity index (χ0n) is 13.8. The van der Waals surface area contributed by atoms with Crippen LogP contribution in [0.4, 0.5) is 0 Å². The van der Waals surface area contributed by atoms with Crippen LogP contribution in [0.3, 0.4) is 0 Å². The molecule has 0 atom stereocenters. The van der Waals surface area contributed by atoms with E-state index in [2.05, 4.69) is 16.3 Å². The van der Waals surface area contributed by atoms with Crippen LogP contribution >= 0.6 is 23.2 Å². The molecule has 1 fully saturated rings. The van der Waals surface area contributed by atoms with Gasteiger partial charge in [-0.05, 0) is 49.7 Å². The topological polar surface area (TPSA) is 33.7 Å². The average molecular weight is 371 g/mol. The lowest BCUT2D eigenvalue weighted by Gasteiger charge is -2.26. The molecule has 1 saturated heterocycles. The van der Waals surface area contributed by atoms with Gasteiger partial charge in [-0.3, -0.25) is 4.90 Å². The van der Waals surface area contributed by atoms with Gasteiger partial charge in [0.15, 0.2) is 0 Å². The molecular formula is C18H24Cl2N2O2. The molecule has 6 heteroatoms. The lowest BCUT2D eigenvalue weighted by atomic mass is 10.1. The summed E-state index contributed by atoms with van der Waals surface area (Å²) < 4.78 is 11.1. The summed E-state index contributed by atoms with van der Waals surface area (Å²) in [6, 6.07) is 3.61. The molecule has 2 aliphatic rings. The normalized spacial score (nSPS) is 18.0. The molecule has 0 bridgehead atoms. The Kier molecular flexibility index (Phi) is 6.81. The SMILES string of the molecule is Clc1cc(Cl)c2c(c1)C=C(CNCCCCN1CCOCC1)CO2. The minimum atomic E-state index is 0.573. The number of ether oxygens (including phenoxy) is 2. The van der Waals surface area contributed by atoms with Crippen LogP contribution in [0.25, 0.3) is 6.08 Å². The zero-order valence-corrected chi connectivity index (χ0v) is 15.3. The molecule has 0 spiro atoms. The third kappa shape index (κ3) is 5.11. The molecule has 0 radical (unpaired) electrons. The summed E-state index contributed by atoms with van der Waals surface area (Å²) in [5, 5.41) is 4.70. The molecule has 2 aliphatic heterocycles. The smallest absolute Gasteiger partial charge is 0.145 e. The highest BCUT2D eigenvalue weighted by atomic mass is 35.5. The van der Waals surface area contributed by atoms with Crippen molar-refractivity contribution in [3.05, 3.63) is 33.3 Å². The Morgan fingerprint density at radius 1 is 1.12 bits per heavy atom. The van der Waals surface area contributed by atoms with Gasteiger partial charge in [0, 0.05) is 30.2 Å². The molecule has 3 rings (SSSR count). The van der Waals surface area contributed by atoms with Crippen LogP contribution in [0.15, 0.2) is 17.7 Å². The van der Waals surface area contributed by atoms with Gasteiger partial charge in [0.1, 0.15) is 12.4 Å². The Labute approximate surface area is 153 Å². The van der Waals surface area contributed by atoms with Crippen LogP contribution < -0.4 is 10.1 Å². The summed E-state index contributed by atoms with van der Waals surface area (Å²) >= 11 is 12.2. The molecule has 0 saturated carbocycles. The Bertz CT molecular complexity index is 587. The number of nitrogens with one attached hydrogen (secondary N) is 1. The molecule has 0 aromatic heterocycles. The lowest BCUT2D eigenvalue weighted by Crippen LogP contribution is -2.37. The second-order valence-corrected chi connectivity index (χ2v) is 7.08. The highest BCUT2D eigenvalue weighted by Gasteiger charge is 2.15. The fourth-order valence-electron chi connectivity index (χ4n) is 3.03. The molecule has 1 aromatic carbocycles. The van der Waals surface area contributed by atoms with Gasteiger partial charge in [-0.15, -0.1) is 0 Å². The quantitative estimate of drug-likeness (QED) is 0.745. The van der Waals surface area contributed by atoms with Crippen molar-refractivity contribution in [2.45, 2.75) is 12.8 Å². The average Bonchev–Trinajstić information content (AvgIpc) is 2.58. The van der Waals surface area contributed by atoms with E-state index >= 15 is 0 Å². The van der Waals surface area contributed by atoms with E-state index in [1.165, 1.54) is 25.0 Å². The van der Waals surface area contributed by atoms with E-state index in [9.17, 15) is 0 Å². The van der Waals surface area contributed by atoms with Gasteiger partial charge < -0.3 is 14.8 Å². The van der Waals surface area contributed by atoms with Crippen molar-refractivity contribution in [1.82, 2.24) is 10.2 Å². The zero-order chi connectivity index (χ0) is 16.8. The van der Waals surface area contributed by atoms with Crippen molar-refractivity contribution in [3.8, 4) is 5.75 Å². The van der Waals surface area contributed by atoms with E-state index in [1.54, 1.807) is 6.07 Å². The largest absolute Gasteiger partial charge is 0.487 e. The highest BCUT2D eigenvalue weighted by molar-refractivity contribution is 6.36. The van der Waals surface area contributed by atoms with Crippen LogP contribution in [0.5, 0.6) is 5.75 Å². The monoisotopic (exact) mass is 370 g/mol. The number of rotatable bonds is 7. The van der Waals surface area contributed by atoms with Crippen molar-refractivity contribution >= 4 is 29.3 Å². The Hall–Kier alpha value is -0.780. The number of hydrogen-bond acceptors (Lipinski definition) is 4. The number of hydrogen-bond donors (Lipinski definition) is 1. The minimum Gasteiger partial charge on any atom is -0.487 e. The van der Waals surface area contributed by atoms with E-state index in [-0.39, 0.29) is 0 Å². The second-order valence-electron chi connectivity index (χ2n) is 6.24. The summed E-state index contributed by atoms with van der Waals surface area (Å²) in [6.45, 7) is 7.50. The van der Waals surface area contributed by atoms with Gasteiger partial charge in [0.05, 0.1) is 18.2 Å². The van der Waals surface area contributed by atoms with Crippen molar-refractivity contribution in [1.29, 1.82) is 0 Å². The third-order valence-corrected chi connectivity index (χ3v) is 4.83. The van der Waals surface area contributed by atoms with E-state index < -0.39 is 0 Å². The van der Waals surface area contributed by atoms with Gasteiger partial charge in [-0.2, -0.15) is 0 Å². The Morgan fingerprint density at radius 2 is 1.96 bits per heavy atom. The van der Waals surface area contributed by atoms with Crippen LogP contribution in [0.1, 0.15) is 18.4 Å². The predicted molar refractivity (Wildman–Crippen MR) is 99.3 cm³/mol. The number of nitrogens with zero attached hydrogens (tertiary/aromatic N) is 1. The van der Waals surface area contributed by atoms with Gasteiger partial charge in [0.25, 0.3) is 0 Å². The van der Waals surface area contributed by atoms with Crippen LogP contribution in [0, 0.1) is 0 Å². The highest BCUT2D eigenvalue weighted by Crippen LogP contribution is 2.36. The molecule has 0 amide bonds. The number of morpholine rings is 1. The van der Waals surface area contributed by atoms with Crippen molar-refractivity contribution in [2.75, 3.05) is 52.5 Å². The van der Waals surface area contributed by atoms with E-state index in [1.807, 2.05) is 6.07 Å². The van der Waals surface area contributed by atoms with Gasteiger partial charge in [-0.1, -0.05) is 23.2 Å². The van der Waals surface area contributed by atoms with Crippen molar-refractivity contribution < 1.29 is 9.47 Å². The standard InChI is InChI=1S/C18H24Cl2N2O2/c19-16-10-15-9-14(13-24-18(15)17(20)11-16)12-21-3-1-2-4-22-5-7-23-8-6-22/h9-11,21H,1-8,12-13H2.